The Morgan fingerprint density at radius 2 is 2.17 bits per heavy atom. The molecule has 0 unspecified atom stereocenters. The SMILES string of the molecule is CCCCCCOc1c(C=NNc2nc(C)cs2)cccc1OC. The van der Waals surface area contributed by atoms with Crippen LogP contribution in [0.4, 0.5) is 5.13 Å². The van der Waals surface area contributed by atoms with E-state index in [0.717, 1.165) is 34.3 Å². The van der Waals surface area contributed by atoms with Gasteiger partial charge in [0.1, 0.15) is 0 Å². The zero-order valence-electron chi connectivity index (χ0n) is 14.5. The number of para-hydroxylation sites is 1. The maximum atomic E-state index is 5.96. The molecular weight excluding hydrogens is 322 g/mol. The normalized spacial score (nSPS) is 11.0. The van der Waals surface area contributed by atoms with Gasteiger partial charge in [-0.15, -0.1) is 11.3 Å². The zero-order chi connectivity index (χ0) is 17.2. The Morgan fingerprint density at radius 3 is 2.88 bits per heavy atom. The summed E-state index contributed by atoms with van der Waals surface area (Å²) in [6.45, 7) is 4.84. The van der Waals surface area contributed by atoms with E-state index in [-0.39, 0.29) is 0 Å². The van der Waals surface area contributed by atoms with Crippen LogP contribution in [0.2, 0.25) is 0 Å². The van der Waals surface area contributed by atoms with Crippen LogP contribution in [0.25, 0.3) is 0 Å². The van der Waals surface area contributed by atoms with Crippen LogP contribution in [0.15, 0.2) is 28.7 Å². The Kier molecular flexibility index (Phi) is 7.55. The van der Waals surface area contributed by atoms with Crippen molar-refractivity contribution in [1.29, 1.82) is 0 Å². The number of aryl methyl sites for hydroxylation is 1. The third-order valence-electron chi connectivity index (χ3n) is 3.46. The molecule has 0 aliphatic carbocycles. The van der Waals surface area contributed by atoms with Gasteiger partial charge in [0.2, 0.25) is 5.13 Å². The molecular formula is C18H25N3O2S. The average molecular weight is 347 g/mol. The quantitative estimate of drug-likeness (QED) is 0.379. The van der Waals surface area contributed by atoms with Crippen LogP contribution in [0.3, 0.4) is 0 Å². The molecule has 130 valence electrons. The molecule has 5 nitrogen and oxygen atoms in total. The van der Waals surface area contributed by atoms with E-state index in [1.54, 1.807) is 13.3 Å². The van der Waals surface area contributed by atoms with Gasteiger partial charge in [0.25, 0.3) is 0 Å². The fourth-order valence-corrected chi connectivity index (χ4v) is 2.85. The van der Waals surface area contributed by atoms with Crippen molar-refractivity contribution < 1.29 is 9.47 Å². The van der Waals surface area contributed by atoms with Crippen LogP contribution in [-0.4, -0.2) is 24.9 Å². The molecule has 0 bridgehead atoms. The van der Waals surface area contributed by atoms with Gasteiger partial charge < -0.3 is 9.47 Å². The number of hydrogen-bond donors (Lipinski definition) is 1. The molecule has 0 radical (unpaired) electrons. The summed E-state index contributed by atoms with van der Waals surface area (Å²) in [6, 6.07) is 5.79. The molecule has 1 heterocycles. The molecule has 1 aromatic carbocycles. The highest BCUT2D eigenvalue weighted by Gasteiger charge is 2.09. The van der Waals surface area contributed by atoms with Gasteiger partial charge in [-0.05, 0) is 25.5 Å². The lowest BCUT2D eigenvalue weighted by atomic mass is 10.2. The highest BCUT2D eigenvalue weighted by Crippen LogP contribution is 2.30. The molecule has 0 amide bonds. The lowest BCUT2D eigenvalue weighted by molar-refractivity contribution is 0.285. The summed E-state index contributed by atoms with van der Waals surface area (Å²) in [6.07, 6.45) is 6.41. The summed E-state index contributed by atoms with van der Waals surface area (Å²) in [5, 5.41) is 7.01. The number of rotatable bonds is 10. The van der Waals surface area contributed by atoms with Crippen molar-refractivity contribution in [2.45, 2.75) is 39.5 Å². The summed E-state index contributed by atoms with van der Waals surface area (Å²) in [5.41, 5.74) is 4.80. The largest absolute Gasteiger partial charge is 0.493 e. The summed E-state index contributed by atoms with van der Waals surface area (Å²) < 4.78 is 11.4. The first kappa shape index (κ1) is 18.3. The van der Waals surface area contributed by atoms with Crippen LogP contribution in [0.1, 0.15) is 43.9 Å². The van der Waals surface area contributed by atoms with Crippen molar-refractivity contribution in [1.82, 2.24) is 4.98 Å². The summed E-state index contributed by atoms with van der Waals surface area (Å²) in [5.74, 6) is 1.46. The molecule has 1 aromatic heterocycles. The Balaban J connectivity index is 2.01. The highest BCUT2D eigenvalue weighted by molar-refractivity contribution is 7.13. The van der Waals surface area contributed by atoms with Gasteiger partial charge in [-0.2, -0.15) is 5.10 Å². The lowest BCUT2D eigenvalue weighted by Crippen LogP contribution is -2.03. The van der Waals surface area contributed by atoms with E-state index >= 15 is 0 Å². The van der Waals surface area contributed by atoms with Crippen LogP contribution >= 0.6 is 11.3 Å². The molecule has 1 N–H and O–H groups in total. The first-order valence-corrected chi connectivity index (χ1v) is 9.13. The van der Waals surface area contributed by atoms with Crippen molar-refractivity contribution in [2.75, 3.05) is 19.1 Å². The Bertz CT molecular complexity index is 655. The van der Waals surface area contributed by atoms with Crippen LogP contribution in [0, 0.1) is 6.92 Å². The van der Waals surface area contributed by atoms with E-state index < -0.39 is 0 Å². The first-order chi connectivity index (χ1) is 11.7. The summed E-state index contributed by atoms with van der Waals surface area (Å²) in [7, 11) is 1.65. The molecule has 0 atom stereocenters. The Labute approximate surface area is 147 Å². The van der Waals surface area contributed by atoms with E-state index in [9.17, 15) is 0 Å². The minimum absolute atomic E-state index is 0.681. The van der Waals surface area contributed by atoms with Crippen molar-refractivity contribution >= 4 is 22.7 Å². The average Bonchev–Trinajstić information content (AvgIpc) is 3.00. The van der Waals surface area contributed by atoms with E-state index in [0.29, 0.717) is 6.61 Å². The van der Waals surface area contributed by atoms with Crippen molar-refractivity contribution in [3.05, 3.63) is 34.8 Å². The third-order valence-corrected chi connectivity index (χ3v) is 4.32. The smallest absolute Gasteiger partial charge is 0.203 e. The molecule has 0 fully saturated rings. The molecule has 6 heteroatoms. The number of nitrogens with zero attached hydrogens (tertiary/aromatic N) is 2. The molecule has 2 rings (SSSR count). The van der Waals surface area contributed by atoms with Gasteiger partial charge in [0.15, 0.2) is 11.5 Å². The summed E-state index contributed by atoms with van der Waals surface area (Å²) in [4.78, 5) is 4.31. The van der Waals surface area contributed by atoms with E-state index in [4.69, 9.17) is 9.47 Å². The minimum atomic E-state index is 0.681. The van der Waals surface area contributed by atoms with E-state index in [1.165, 1.54) is 30.6 Å². The number of anilines is 1. The Hall–Kier alpha value is -2.08. The zero-order valence-corrected chi connectivity index (χ0v) is 15.4. The molecule has 0 saturated heterocycles. The molecule has 0 aliphatic heterocycles. The molecule has 0 spiro atoms. The number of aromatic nitrogens is 1. The van der Waals surface area contributed by atoms with Crippen molar-refractivity contribution in [3.8, 4) is 11.5 Å². The molecule has 2 aromatic rings. The molecule has 0 aliphatic rings. The standard InChI is InChI=1S/C18H25N3O2S/c1-4-5-6-7-11-23-17-15(9-8-10-16(17)22-3)12-19-21-18-20-14(2)13-24-18/h8-10,12-13H,4-7,11H2,1-3H3,(H,20,21). The number of unbranched alkanes of at least 4 members (excludes halogenated alkanes) is 3. The monoisotopic (exact) mass is 347 g/mol. The van der Waals surface area contributed by atoms with Crippen LogP contribution in [0.5, 0.6) is 11.5 Å². The van der Waals surface area contributed by atoms with Gasteiger partial charge in [-0.1, -0.05) is 32.3 Å². The second-order valence-electron chi connectivity index (χ2n) is 5.45. The number of nitrogens with one attached hydrogen (secondary N) is 1. The second-order valence-corrected chi connectivity index (χ2v) is 6.31. The fraction of sp³-hybridized carbons (Fsp3) is 0.444. The lowest BCUT2D eigenvalue weighted by Gasteiger charge is -2.13. The van der Waals surface area contributed by atoms with Gasteiger partial charge in [0.05, 0.1) is 25.6 Å². The third kappa shape index (κ3) is 5.53. The number of methoxy groups -OCH3 is 1. The predicted molar refractivity (Wildman–Crippen MR) is 101 cm³/mol. The van der Waals surface area contributed by atoms with Crippen LogP contribution < -0.4 is 14.9 Å². The topological polar surface area (TPSA) is 55.7 Å². The van der Waals surface area contributed by atoms with Crippen LogP contribution in [-0.2, 0) is 0 Å². The number of ether oxygens (including phenoxy) is 2. The predicted octanol–water partition coefficient (Wildman–Crippen LogP) is 4.87. The highest BCUT2D eigenvalue weighted by atomic mass is 32.1. The van der Waals surface area contributed by atoms with Crippen molar-refractivity contribution in [3.63, 3.8) is 0 Å². The van der Waals surface area contributed by atoms with Gasteiger partial charge in [-0.25, -0.2) is 4.98 Å². The number of thiazole rings is 1. The second kappa shape index (κ2) is 9.93. The summed E-state index contributed by atoms with van der Waals surface area (Å²) >= 11 is 1.53. The maximum absolute atomic E-state index is 5.96. The van der Waals surface area contributed by atoms with Gasteiger partial charge in [-0.3, -0.25) is 5.43 Å². The Morgan fingerprint density at radius 1 is 1.29 bits per heavy atom. The van der Waals surface area contributed by atoms with E-state index in [2.05, 4.69) is 22.4 Å². The van der Waals surface area contributed by atoms with E-state index in [1.807, 2.05) is 30.5 Å². The van der Waals surface area contributed by atoms with Gasteiger partial charge >= 0.3 is 0 Å². The number of benzene rings is 1. The molecule has 0 saturated carbocycles. The molecule has 24 heavy (non-hydrogen) atoms. The van der Waals surface area contributed by atoms with Gasteiger partial charge in [0, 0.05) is 10.9 Å². The first-order valence-electron chi connectivity index (χ1n) is 8.25. The fourth-order valence-electron chi connectivity index (χ4n) is 2.22. The number of hydrazone groups is 1. The maximum Gasteiger partial charge on any atom is 0.203 e. The van der Waals surface area contributed by atoms with Crippen molar-refractivity contribution in [2.24, 2.45) is 5.10 Å². The number of hydrogen-bond acceptors (Lipinski definition) is 6. The minimum Gasteiger partial charge on any atom is -0.493 e.